The molecule has 0 bridgehead atoms. The first-order chi connectivity index (χ1) is 9.44. The second kappa shape index (κ2) is 7.36. The topological polar surface area (TPSA) is 70.6 Å². The van der Waals surface area contributed by atoms with Gasteiger partial charge in [-0.05, 0) is 38.5 Å². The van der Waals surface area contributed by atoms with E-state index in [2.05, 4.69) is 10.6 Å². The molecule has 1 atom stereocenters. The van der Waals surface area contributed by atoms with E-state index < -0.39 is 5.54 Å². The molecule has 0 aliphatic heterocycles. The molecule has 0 spiro atoms. The third kappa shape index (κ3) is 4.58. The van der Waals surface area contributed by atoms with Crippen LogP contribution in [0.4, 0.5) is 10.5 Å². The number of hydrogen-bond donors (Lipinski definition) is 3. The van der Waals surface area contributed by atoms with E-state index in [1.807, 2.05) is 13.8 Å². The van der Waals surface area contributed by atoms with E-state index in [-0.39, 0.29) is 12.6 Å². The summed E-state index contributed by atoms with van der Waals surface area (Å²) in [5, 5.41) is 15.1. The van der Waals surface area contributed by atoms with Crippen molar-refractivity contribution in [3.05, 3.63) is 23.2 Å². The van der Waals surface area contributed by atoms with Crippen LogP contribution in [0.1, 0.15) is 27.2 Å². The quantitative estimate of drug-likeness (QED) is 0.756. The normalized spacial score (nSPS) is 13.4. The fraction of sp³-hybridized carbons (Fsp3) is 0.500. The van der Waals surface area contributed by atoms with Crippen molar-refractivity contribution in [3.63, 3.8) is 0 Å². The average Bonchev–Trinajstić information content (AvgIpc) is 2.41. The summed E-state index contributed by atoms with van der Waals surface area (Å²) in [6.07, 6.45) is 0.626. The van der Waals surface area contributed by atoms with Gasteiger partial charge in [-0.2, -0.15) is 0 Å². The summed E-state index contributed by atoms with van der Waals surface area (Å²) in [5.74, 6) is 0.578. The predicted molar refractivity (Wildman–Crippen MR) is 80.6 cm³/mol. The number of aliphatic hydroxyl groups is 1. The molecule has 6 heteroatoms. The monoisotopic (exact) mass is 300 g/mol. The van der Waals surface area contributed by atoms with Gasteiger partial charge in [0.15, 0.2) is 0 Å². The number of benzene rings is 1. The Kier molecular flexibility index (Phi) is 6.10. The van der Waals surface area contributed by atoms with Gasteiger partial charge in [-0.1, -0.05) is 18.5 Å². The molecule has 0 fully saturated rings. The Morgan fingerprint density at radius 3 is 2.65 bits per heavy atom. The van der Waals surface area contributed by atoms with E-state index in [4.69, 9.17) is 16.3 Å². The first-order valence-electron chi connectivity index (χ1n) is 6.56. The lowest BCUT2D eigenvalue weighted by Gasteiger charge is -2.27. The van der Waals surface area contributed by atoms with Gasteiger partial charge in [0.05, 0.1) is 23.8 Å². The van der Waals surface area contributed by atoms with Crippen molar-refractivity contribution in [3.8, 4) is 5.75 Å². The summed E-state index contributed by atoms with van der Waals surface area (Å²) in [6.45, 7) is 5.94. The average molecular weight is 301 g/mol. The number of aliphatic hydroxyl groups excluding tert-OH is 1. The zero-order valence-electron chi connectivity index (χ0n) is 12.0. The van der Waals surface area contributed by atoms with E-state index in [0.29, 0.717) is 29.5 Å². The molecule has 1 unspecified atom stereocenters. The summed E-state index contributed by atoms with van der Waals surface area (Å²) in [5.41, 5.74) is -0.0774. The molecule has 5 nitrogen and oxygen atoms in total. The molecule has 20 heavy (non-hydrogen) atoms. The van der Waals surface area contributed by atoms with Crippen LogP contribution in [-0.2, 0) is 0 Å². The number of halogens is 1. The second-order valence-corrected chi connectivity index (χ2v) is 5.14. The van der Waals surface area contributed by atoms with Crippen molar-refractivity contribution in [2.24, 2.45) is 0 Å². The molecule has 0 heterocycles. The first-order valence-corrected chi connectivity index (χ1v) is 6.94. The van der Waals surface area contributed by atoms with Gasteiger partial charge in [0, 0.05) is 5.69 Å². The van der Waals surface area contributed by atoms with Crippen LogP contribution in [0.3, 0.4) is 0 Å². The molecule has 1 aromatic carbocycles. The van der Waals surface area contributed by atoms with E-state index in [9.17, 15) is 9.90 Å². The molecule has 0 radical (unpaired) electrons. The number of amides is 2. The van der Waals surface area contributed by atoms with Gasteiger partial charge in [-0.15, -0.1) is 0 Å². The number of rotatable bonds is 6. The SMILES string of the molecule is CCOc1ccc(NC(=O)NC(C)(CC)CO)cc1Cl. The molecule has 2 amide bonds. The van der Waals surface area contributed by atoms with Crippen molar-refractivity contribution in [1.29, 1.82) is 0 Å². The van der Waals surface area contributed by atoms with Crippen LogP contribution in [0.5, 0.6) is 5.75 Å². The van der Waals surface area contributed by atoms with E-state index in [1.165, 1.54) is 0 Å². The largest absolute Gasteiger partial charge is 0.492 e. The summed E-state index contributed by atoms with van der Waals surface area (Å²) >= 11 is 6.04. The smallest absolute Gasteiger partial charge is 0.319 e. The molecule has 3 N–H and O–H groups in total. The maximum absolute atomic E-state index is 11.9. The van der Waals surface area contributed by atoms with Gasteiger partial charge < -0.3 is 20.5 Å². The molecular formula is C14H21ClN2O3. The molecule has 0 saturated carbocycles. The third-order valence-electron chi connectivity index (χ3n) is 3.03. The van der Waals surface area contributed by atoms with E-state index in [1.54, 1.807) is 25.1 Å². The van der Waals surface area contributed by atoms with Gasteiger partial charge in [0.2, 0.25) is 0 Å². The fourth-order valence-corrected chi connectivity index (χ4v) is 1.76. The minimum atomic E-state index is -0.640. The van der Waals surface area contributed by atoms with Gasteiger partial charge in [-0.3, -0.25) is 0 Å². The van der Waals surface area contributed by atoms with Gasteiger partial charge >= 0.3 is 6.03 Å². The Morgan fingerprint density at radius 1 is 1.45 bits per heavy atom. The Bertz CT molecular complexity index is 462. The Hall–Kier alpha value is -1.46. The Morgan fingerprint density at radius 2 is 2.15 bits per heavy atom. The maximum atomic E-state index is 11.9. The minimum absolute atomic E-state index is 0.124. The number of ether oxygens (including phenoxy) is 1. The van der Waals surface area contributed by atoms with Crippen LogP contribution in [-0.4, -0.2) is 29.9 Å². The lowest BCUT2D eigenvalue weighted by atomic mass is 10.0. The molecule has 1 rings (SSSR count). The van der Waals surface area contributed by atoms with Gasteiger partial charge in [-0.25, -0.2) is 4.79 Å². The van der Waals surface area contributed by atoms with Crippen LogP contribution in [0.15, 0.2) is 18.2 Å². The highest BCUT2D eigenvalue weighted by atomic mass is 35.5. The van der Waals surface area contributed by atoms with E-state index >= 15 is 0 Å². The highest BCUT2D eigenvalue weighted by molar-refractivity contribution is 6.32. The predicted octanol–water partition coefficient (Wildman–Crippen LogP) is 3.02. The van der Waals surface area contributed by atoms with Crippen molar-refractivity contribution in [2.45, 2.75) is 32.7 Å². The van der Waals surface area contributed by atoms with Crippen LogP contribution >= 0.6 is 11.6 Å². The van der Waals surface area contributed by atoms with Gasteiger partial charge in [0.1, 0.15) is 5.75 Å². The highest BCUT2D eigenvalue weighted by Crippen LogP contribution is 2.27. The lowest BCUT2D eigenvalue weighted by molar-refractivity contribution is 0.172. The fourth-order valence-electron chi connectivity index (χ4n) is 1.53. The summed E-state index contributed by atoms with van der Waals surface area (Å²) < 4.78 is 5.32. The zero-order chi connectivity index (χ0) is 15.2. The molecule has 0 saturated heterocycles. The molecule has 112 valence electrons. The van der Waals surface area contributed by atoms with Crippen molar-refractivity contribution in [2.75, 3.05) is 18.5 Å². The van der Waals surface area contributed by atoms with Crippen LogP contribution in [0, 0.1) is 0 Å². The maximum Gasteiger partial charge on any atom is 0.319 e. The van der Waals surface area contributed by atoms with Crippen LogP contribution in [0.2, 0.25) is 5.02 Å². The van der Waals surface area contributed by atoms with Gasteiger partial charge in [0.25, 0.3) is 0 Å². The number of carbonyl (C=O) groups excluding carboxylic acids is 1. The number of nitrogens with one attached hydrogen (secondary N) is 2. The molecule has 0 aromatic heterocycles. The van der Waals surface area contributed by atoms with E-state index in [0.717, 1.165) is 0 Å². The Labute approximate surface area is 124 Å². The number of urea groups is 1. The highest BCUT2D eigenvalue weighted by Gasteiger charge is 2.23. The zero-order valence-corrected chi connectivity index (χ0v) is 12.8. The van der Waals surface area contributed by atoms with Crippen LogP contribution in [0.25, 0.3) is 0 Å². The lowest BCUT2D eigenvalue weighted by Crippen LogP contribution is -2.50. The number of carbonyl (C=O) groups is 1. The molecule has 0 aliphatic carbocycles. The third-order valence-corrected chi connectivity index (χ3v) is 3.33. The number of hydrogen-bond acceptors (Lipinski definition) is 3. The number of anilines is 1. The molecule has 0 aliphatic rings. The van der Waals surface area contributed by atoms with Crippen LogP contribution < -0.4 is 15.4 Å². The summed E-state index contributed by atoms with van der Waals surface area (Å²) in [6, 6.07) is 4.64. The minimum Gasteiger partial charge on any atom is -0.492 e. The molecular weight excluding hydrogens is 280 g/mol. The Balaban J connectivity index is 2.69. The standard InChI is InChI=1S/C14H21ClN2O3/c1-4-14(3,9-18)17-13(19)16-10-6-7-12(20-5-2)11(15)8-10/h6-8,18H,4-5,9H2,1-3H3,(H2,16,17,19). The summed E-state index contributed by atoms with van der Waals surface area (Å²) in [4.78, 5) is 11.9. The van der Waals surface area contributed by atoms with Crippen molar-refractivity contribution < 1.29 is 14.6 Å². The molecule has 1 aromatic rings. The first kappa shape index (κ1) is 16.6. The second-order valence-electron chi connectivity index (χ2n) is 4.73. The van der Waals surface area contributed by atoms with Crippen molar-refractivity contribution in [1.82, 2.24) is 5.32 Å². The summed E-state index contributed by atoms with van der Waals surface area (Å²) in [7, 11) is 0. The van der Waals surface area contributed by atoms with Crippen molar-refractivity contribution >= 4 is 23.3 Å².